The van der Waals surface area contributed by atoms with Crippen molar-refractivity contribution in [1.82, 2.24) is 0 Å². The van der Waals surface area contributed by atoms with Crippen LogP contribution < -0.4 is 4.74 Å². The van der Waals surface area contributed by atoms with E-state index in [9.17, 15) is 0 Å². The minimum Gasteiger partial charge on any atom is -0.489 e. The summed E-state index contributed by atoms with van der Waals surface area (Å²) in [6.07, 6.45) is 3.33. The Balaban J connectivity index is 1.95. The number of hydrogen-bond acceptors (Lipinski definition) is 2. The van der Waals surface area contributed by atoms with Crippen molar-refractivity contribution in [2.24, 2.45) is 0 Å². The van der Waals surface area contributed by atoms with Gasteiger partial charge in [0.25, 0.3) is 0 Å². The Morgan fingerprint density at radius 1 is 1.14 bits per heavy atom. The van der Waals surface area contributed by atoms with Gasteiger partial charge in [-0.1, -0.05) is 0 Å². The maximum atomic E-state index is 5.54. The standard InChI is InChI=1S/C11H9IO2/c12-10-1-3-11(4-2-10)14-8-9-5-6-13-7-9/h1-7H,8H2. The monoisotopic (exact) mass is 300 g/mol. The third-order valence-corrected chi connectivity index (χ3v) is 2.52. The van der Waals surface area contributed by atoms with E-state index in [1.165, 1.54) is 3.57 Å². The SMILES string of the molecule is Ic1ccc(OCc2ccoc2)cc1. The molecule has 0 fully saturated rings. The summed E-state index contributed by atoms with van der Waals surface area (Å²) < 4.78 is 11.7. The first-order valence-corrected chi connectivity index (χ1v) is 5.32. The lowest BCUT2D eigenvalue weighted by Crippen LogP contribution is -1.93. The molecule has 1 aromatic heterocycles. The van der Waals surface area contributed by atoms with Crippen LogP contribution in [0.1, 0.15) is 5.56 Å². The van der Waals surface area contributed by atoms with E-state index in [4.69, 9.17) is 9.15 Å². The van der Waals surface area contributed by atoms with Crippen LogP contribution in [0.15, 0.2) is 47.3 Å². The van der Waals surface area contributed by atoms with Crippen molar-refractivity contribution in [3.05, 3.63) is 52.0 Å². The second-order valence-electron chi connectivity index (χ2n) is 2.87. The van der Waals surface area contributed by atoms with Crippen LogP contribution in [-0.2, 0) is 6.61 Å². The second kappa shape index (κ2) is 4.50. The molecule has 1 heterocycles. The second-order valence-corrected chi connectivity index (χ2v) is 4.12. The van der Waals surface area contributed by atoms with Gasteiger partial charge in [0.2, 0.25) is 0 Å². The molecular weight excluding hydrogens is 291 g/mol. The van der Waals surface area contributed by atoms with Gasteiger partial charge in [-0.2, -0.15) is 0 Å². The van der Waals surface area contributed by atoms with Crippen molar-refractivity contribution in [3.63, 3.8) is 0 Å². The number of ether oxygens (including phenoxy) is 1. The van der Waals surface area contributed by atoms with Crippen LogP contribution in [0.25, 0.3) is 0 Å². The third kappa shape index (κ3) is 2.51. The van der Waals surface area contributed by atoms with Gasteiger partial charge in [0.05, 0.1) is 12.5 Å². The molecule has 0 spiro atoms. The van der Waals surface area contributed by atoms with Gasteiger partial charge in [-0.15, -0.1) is 0 Å². The van der Waals surface area contributed by atoms with Crippen molar-refractivity contribution in [1.29, 1.82) is 0 Å². The molecule has 0 N–H and O–H groups in total. The van der Waals surface area contributed by atoms with E-state index >= 15 is 0 Å². The third-order valence-electron chi connectivity index (χ3n) is 1.80. The highest BCUT2D eigenvalue weighted by atomic mass is 127. The Labute approximate surface area is 96.0 Å². The molecule has 0 amide bonds. The van der Waals surface area contributed by atoms with E-state index in [0.717, 1.165) is 11.3 Å². The summed E-state index contributed by atoms with van der Waals surface area (Å²) in [5.74, 6) is 0.881. The highest BCUT2D eigenvalue weighted by Gasteiger charge is 1.96. The molecule has 0 aliphatic heterocycles. The van der Waals surface area contributed by atoms with E-state index < -0.39 is 0 Å². The number of furan rings is 1. The van der Waals surface area contributed by atoms with E-state index in [0.29, 0.717) is 6.61 Å². The van der Waals surface area contributed by atoms with Gasteiger partial charge in [0.15, 0.2) is 0 Å². The molecule has 2 nitrogen and oxygen atoms in total. The molecule has 2 aromatic rings. The van der Waals surface area contributed by atoms with E-state index in [2.05, 4.69) is 22.6 Å². The van der Waals surface area contributed by atoms with Crippen molar-refractivity contribution in [2.45, 2.75) is 6.61 Å². The molecule has 1 aromatic carbocycles. The van der Waals surface area contributed by atoms with Gasteiger partial charge in [0.1, 0.15) is 12.4 Å². The lowest BCUT2D eigenvalue weighted by Gasteiger charge is -2.03. The van der Waals surface area contributed by atoms with Crippen molar-refractivity contribution in [3.8, 4) is 5.75 Å². The molecule has 72 valence electrons. The Morgan fingerprint density at radius 2 is 1.93 bits per heavy atom. The quantitative estimate of drug-likeness (QED) is 0.810. The van der Waals surface area contributed by atoms with Crippen LogP contribution in [0.4, 0.5) is 0 Å². The summed E-state index contributed by atoms with van der Waals surface area (Å²) in [5, 5.41) is 0. The highest BCUT2D eigenvalue weighted by Crippen LogP contribution is 2.15. The molecule has 0 saturated carbocycles. The summed E-state index contributed by atoms with van der Waals surface area (Å²) in [6.45, 7) is 0.553. The summed E-state index contributed by atoms with van der Waals surface area (Å²) in [4.78, 5) is 0. The molecule has 3 heteroatoms. The molecule has 2 rings (SSSR count). The minimum atomic E-state index is 0.553. The number of benzene rings is 1. The van der Waals surface area contributed by atoms with Gasteiger partial charge < -0.3 is 9.15 Å². The summed E-state index contributed by atoms with van der Waals surface area (Å²) >= 11 is 2.26. The number of hydrogen-bond donors (Lipinski definition) is 0. The van der Waals surface area contributed by atoms with Gasteiger partial charge >= 0.3 is 0 Å². The molecule has 0 atom stereocenters. The molecule has 0 aliphatic carbocycles. The van der Waals surface area contributed by atoms with Crippen LogP contribution in [0.5, 0.6) is 5.75 Å². The first-order chi connectivity index (χ1) is 6.84. The molecule has 0 saturated heterocycles. The van der Waals surface area contributed by atoms with Crippen LogP contribution in [0.3, 0.4) is 0 Å². The van der Waals surface area contributed by atoms with Gasteiger partial charge in [-0.05, 0) is 52.9 Å². The molecular formula is C11H9IO2. The zero-order valence-electron chi connectivity index (χ0n) is 7.44. The minimum absolute atomic E-state index is 0.553. The summed E-state index contributed by atoms with van der Waals surface area (Å²) in [7, 11) is 0. The Kier molecular flexibility index (Phi) is 3.08. The van der Waals surface area contributed by atoms with Gasteiger partial charge in [-0.3, -0.25) is 0 Å². The van der Waals surface area contributed by atoms with E-state index in [1.54, 1.807) is 12.5 Å². The number of halogens is 1. The predicted octanol–water partition coefficient (Wildman–Crippen LogP) is 3.46. The zero-order valence-corrected chi connectivity index (χ0v) is 9.60. The Bertz CT molecular complexity index is 378. The fourth-order valence-corrected chi connectivity index (χ4v) is 1.43. The largest absolute Gasteiger partial charge is 0.489 e. The maximum absolute atomic E-state index is 5.54. The van der Waals surface area contributed by atoms with Crippen LogP contribution in [-0.4, -0.2) is 0 Å². The number of rotatable bonds is 3. The smallest absolute Gasteiger partial charge is 0.119 e. The van der Waals surface area contributed by atoms with Crippen molar-refractivity contribution < 1.29 is 9.15 Å². The van der Waals surface area contributed by atoms with Crippen LogP contribution in [0.2, 0.25) is 0 Å². The lowest BCUT2D eigenvalue weighted by atomic mass is 10.3. The molecule has 0 aliphatic rings. The molecule has 14 heavy (non-hydrogen) atoms. The van der Waals surface area contributed by atoms with E-state index in [1.807, 2.05) is 30.3 Å². The van der Waals surface area contributed by atoms with Crippen molar-refractivity contribution in [2.75, 3.05) is 0 Å². The normalized spacial score (nSPS) is 10.1. The first-order valence-electron chi connectivity index (χ1n) is 4.24. The van der Waals surface area contributed by atoms with Crippen LogP contribution in [0, 0.1) is 3.57 Å². The summed E-state index contributed by atoms with van der Waals surface area (Å²) in [5.41, 5.74) is 1.04. The predicted molar refractivity (Wildman–Crippen MR) is 62.2 cm³/mol. The Morgan fingerprint density at radius 3 is 2.57 bits per heavy atom. The topological polar surface area (TPSA) is 22.4 Å². The van der Waals surface area contributed by atoms with Crippen molar-refractivity contribution >= 4 is 22.6 Å². The van der Waals surface area contributed by atoms with Gasteiger partial charge in [0, 0.05) is 9.13 Å². The zero-order chi connectivity index (χ0) is 9.80. The lowest BCUT2D eigenvalue weighted by molar-refractivity contribution is 0.304. The Hall–Kier alpha value is -0.970. The molecule has 0 radical (unpaired) electrons. The summed E-state index contributed by atoms with van der Waals surface area (Å²) in [6, 6.07) is 9.85. The van der Waals surface area contributed by atoms with Gasteiger partial charge in [-0.25, -0.2) is 0 Å². The van der Waals surface area contributed by atoms with E-state index in [-0.39, 0.29) is 0 Å². The maximum Gasteiger partial charge on any atom is 0.119 e. The molecule has 0 bridgehead atoms. The highest BCUT2D eigenvalue weighted by molar-refractivity contribution is 14.1. The average Bonchev–Trinajstić information content (AvgIpc) is 2.70. The average molecular weight is 300 g/mol. The fraction of sp³-hybridized carbons (Fsp3) is 0.0909. The fourth-order valence-electron chi connectivity index (χ4n) is 1.07. The first kappa shape index (κ1) is 9.58. The van der Waals surface area contributed by atoms with Crippen LogP contribution >= 0.6 is 22.6 Å². The molecule has 0 unspecified atom stereocenters.